The van der Waals surface area contributed by atoms with Gasteiger partial charge in [-0.2, -0.15) is 0 Å². The maximum atomic E-state index is 11.9. The van der Waals surface area contributed by atoms with Crippen molar-refractivity contribution in [1.82, 2.24) is 15.5 Å². The number of rotatable bonds is 3. The molecule has 0 aromatic heterocycles. The molecule has 1 aliphatic rings. The van der Waals surface area contributed by atoms with Crippen LogP contribution in [0.25, 0.3) is 0 Å². The van der Waals surface area contributed by atoms with Crippen molar-refractivity contribution in [1.29, 1.82) is 0 Å². The summed E-state index contributed by atoms with van der Waals surface area (Å²) in [6, 6.07) is 10.3. The summed E-state index contributed by atoms with van der Waals surface area (Å²) >= 11 is 0. The van der Waals surface area contributed by atoms with Gasteiger partial charge in [-0.1, -0.05) is 30.3 Å². The minimum absolute atomic E-state index is 0. The zero-order valence-electron chi connectivity index (χ0n) is 10.6. The van der Waals surface area contributed by atoms with Gasteiger partial charge in [-0.3, -0.25) is 0 Å². The molecule has 0 aliphatic carbocycles. The van der Waals surface area contributed by atoms with Crippen molar-refractivity contribution in [3.8, 4) is 0 Å². The Labute approximate surface area is 114 Å². The Balaban J connectivity index is 0.00000162. The molecule has 5 heteroatoms. The highest BCUT2D eigenvalue weighted by atomic mass is 35.5. The molecule has 100 valence electrons. The van der Waals surface area contributed by atoms with E-state index in [1.165, 1.54) is 0 Å². The van der Waals surface area contributed by atoms with Crippen molar-refractivity contribution < 1.29 is 4.79 Å². The standard InChI is InChI=1S/C13H19N3O.ClH/c1-16(12-7-8-14-10-12)13(17)15-9-11-5-3-2-4-6-11;/h2-6,12,14H,7-10H2,1H3,(H,15,17);1H. The summed E-state index contributed by atoms with van der Waals surface area (Å²) in [5.74, 6) is 0. The number of hydrogen-bond acceptors (Lipinski definition) is 2. The van der Waals surface area contributed by atoms with Crippen molar-refractivity contribution in [3.63, 3.8) is 0 Å². The van der Waals surface area contributed by atoms with E-state index in [0.717, 1.165) is 25.1 Å². The van der Waals surface area contributed by atoms with E-state index in [1.54, 1.807) is 4.90 Å². The molecule has 0 radical (unpaired) electrons. The van der Waals surface area contributed by atoms with Gasteiger partial charge in [0.15, 0.2) is 0 Å². The maximum absolute atomic E-state index is 11.9. The van der Waals surface area contributed by atoms with E-state index < -0.39 is 0 Å². The Morgan fingerprint density at radius 2 is 2.17 bits per heavy atom. The molecule has 0 saturated carbocycles. The predicted octanol–water partition coefficient (Wildman–Crippen LogP) is 1.61. The SMILES string of the molecule is CN(C(=O)NCc1ccccc1)C1CCNC1.Cl. The number of carbonyl (C=O) groups is 1. The number of nitrogens with zero attached hydrogens (tertiary/aromatic N) is 1. The number of likely N-dealkylation sites (N-methyl/N-ethyl adjacent to an activating group) is 1. The van der Waals surface area contributed by atoms with Gasteiger partial charge < -0.3 is 15.5 Å². The van der Waals surface area contributed by atoms with E-state index in [1.807, 2.05) is 37.4 Å². The average molecular weight is 270 g/mol. The summed E-state index contributed by atoms with van der Waals surface area (Å²) in [4.78, 5) is 13.7. The first-order valence-corrected chi connectivity index (χ1v) is 6.02. The Morgan fingerprint density at radius 3 is 2.78 bits per heavy atom. The zero-order valence-corrected chi connectivity index (χ0v) is 11.4. The van der Waals surface area contributed by atoms with E-state index in [4.69, 9.17) is 0 Å². The number of urea groups is 1. The van der Waals surface area contributed by atoms with E-state index in [9.17, 15) is 4.79 Å². The molecule has 1 unspecified atom stereocenters. The molecule has 2 N–H and O–H groups in total. The Kier molecular flexibility index (Phi) is 5.95. The monoisotopic (exact) mass is 269 g/mol. The van der Waals surface area contributed by atoms with Crippen LogP contribution in [0.1, 0.15) is 12.0 Å². The van der Waals surface area contributed by atoms with Gasteiger partial charge in [0, 0.05) is 26.2 Å². The van der Waals surface area contributed by atoms with Gasteiger partial charge in [-0.15, -0.1) is 12.4 Å². The molecule has 1 heterocycles. The van der Waals surface area contributed by atoms with Crippen LogP contribution in [0.3, 0.4) is 0 Å². The van der Waals surface area contributed by atoms with Crippen LogP contribution in [0.4, 0.5) is 4.79 Å². The molecule has 4 nitrogen and oxygen atoms in total. The van der Waals surface area contributed by atoms with Crippen molar-refractivity contribution in [2.75, 3.05) is 20.1 Å². The second-order valence-corrected chi connectivity index (χ2v) is 4.40. The molecule has 1 aromatic rings. The lowest BCUT2D eigenvalue weighted by molar-refractivity contribution is 0.193. The topological polar surface area (TPSA) is 44.4 Å². The van der Waals surface area contributed by atoms with Crippen LogP contribution in [-0.4, -0.2) is 37.1 Å². The van der Waals surface area contributed by atoms with Crippen LogP contribution in [0, 0.1) is 0 Å². The molecule has 0 spiro atoms. The van der Waals surface area contributed by atoms with Crippen molar-refractivity contribution in [2.45, 2.75) is 19.0 Å². The Morgan fingerprint density at radius 1 is 1.44 bits per heavy atom. The van der Waals surface area contributed by atoms with E-state index in [2.05, 4.69) is 10.6 Å². The van der Waals surface area contributed by atoms with Crippen LogP contribution in [0.5, 0.6) is 0 Å². The normalized spacial score (nSPS) is 17.9. The fourth-order valence-electron chi connectivity index (χ4n) is 2.03. The van der Waals surface area contributed by atoms with Crippen molar-refractivity contribution in [3.05, 3.63) is 35.9 Å². The van der Waals surface area contributed by atoms with Gasteiger partial charge in [0.25, 0.3) is 0 Å². The second kappa shape index (κ2) is 7.24. The summed E-state index contributed by atoms with van der Waals surface area (Å²) in [6.07, 6.45) is 1.04. The minimum Gasteiger partial charge on any atom is -0.334 e. The third-order valence-corrected chi connectivity index (χ3v) is 3.19. The number of carbonyl (C=O) groups excluding carboxylic acids is 1. The fraction of sp³-hybridized carbons (Fsp3) is 0.462. The molecular weight excluding hydrogens is 250 g/mol. The summed E-state index contributed by atoms with van der Waals surface area (Å²) in [5.41, 5.74) is 1.12. The highest BCUT2D eigenvalue weighted by molar-refractivity contribution is 5.85. The zero-order chi connectivity index (χ0) is 12.1. The third kappa shape index (κ3) is 3.89. The molecule has 1 aliphatic heterocycles. The van der Waals surface area contributed by atoms with E-state index >= 15 is 0 Å². The van der Waals surface area contributed by atoms with Crippen LogP contribution in [0.15, 0.2) is 30.3 Å². The summed E-state index contributed by atoms with van der Waals surface area (Å²) < 4.78 is 0. The predicted molar refractivity (Wildman–Crippen MR) is 75.0 cm³/mol. The first kappa shape index (κ1) is 14.8. The highest BCUT2D eigenvalue weighted by Crippen LogP contribution is 2.06. The first-order valence-electron chi connectivity index (χ1n) is 6.02. The van der Waals surface area contributed by atoms with Gasteiger partial charge in [-0.05, 0) is 18.5 Å². The Bertz CT molecular complexity index is 366. The molecule has 0 bridgehead atoms. The van der Waals surface area contributed by atoms with E-state index in [-0.39, 0.29) is 18.4 Å². The molecular formula is C13H20ClN3O. The summed E-state index contributed by atoms with van der Waals surface area (Å²) in [5, 5.41) is 6.20. The molecule has 1 fully saturated rings. The summed E-state index contributed by atoms with van der Waals surface area (Å²) in [7, 11) is 1.86. The van der Waals surface area contributed by atoms with Crippen LogP contribution in [-0.2, 0) is 6.54 Å². The van der Waals surface area contributed by atoms with Crippen molar-refractivity contribution >= 4 is 18.4 Å². The number of benzene rings is 1. The highest BCUT2D eigenvalue weighted by Gasteiger charge is 2.22. The fourth-order valence-corrected chi connectivity index (χ4v) is 2.03. The molecule has 18 heavy (non-hydrogen) atoms. The molecule has 1 saturated heterocycles. The number of nitrogens with one attached hydrogen (secondary N) is 2. The van der Waals surface area contributed by atoms with Crippen LogP contribution >= 0.6 is 12.4 Å². The van der Waals surface area contributed by atoms with E-state index in [0.29, 0.717) is 12.6 Å². The third-order valence-electron chi connectivity index (χ3n) is 3.19. The molecule has 1 aromatic carbocycles. The lowest BCUT2D eigenvalue weighted by atomic mass is 10.2. The number of hydrogen-bond donors (Lipinski definition) is 2. The number of amides is 2. The smallest absolute Gasteiger partial charge is 0.317 e. The molecule has 2 rings (SSSR count). The van der Waals surface area contributed by atoms with Crippen molar-refractivity contribution in [2.24, 2.45) is 0 Å². The minimum atomic E-state index is 0. The van der Waals surface area contributed by atoms with Crippen LogP contribution < -0.4 is 10.6 Å². The molecule has 1 atom stereocenters. The van der Waals surface area contributed by atoms with Gasteiger partial charge in [0.1, 0.15) is 0 Å². The molecule has 2 amide bonds. The maximum Gasteiger partial charge on any atom is 0.317 e. The average Bonchev–Trinajstić information content (AvgIpc) is 2.90. The Hall–Kier alpha value is -1.26. The second-order valence-electron chi connectivity index (χ2n) is 4.40. The largest absolute Gasteiger partial charge is 0.334 e. The van der Waals surface area contributed by atoms with Gasteiger partial charge in [-0.25, -0.2) is 4.79 Å². The van der Waals surface area contributed by atoms with Gasteiger partial charge >= 0.3 is 6.03 Å². The first-order chi connectivity index (χ1) is 8.27. The lowest BCUT2D eigenvalue weighted by Gasteiger charge is -2.24. The quantitative estimate of drug-likeness (QED) is 0.876. The van der Waals surface area contributed by atoms with Gasteiger partial charge in [0.2, 0.25) is 0 Å². The van der Waals surface area contributed by atoms with Crippen LogP contribution in [0.2, 0.25) is 0 Å². The number of halogens is 1. The lowest BCUT2D eigenvalue weighted by Crippen LogP contribution is -2.44. The summed E-state index contributed by atoms with van der Waals surface area (Å²) in [6.45, 7) is 2.49. The van der Waals surface area contributed by atoms with Gasteiger partial charge in [0.05, 0.1) is 0 Å².